The molecule has 6 heterocycles. The van der Waals surface area contributed by atoms with Gasteiger partial charge in [-0.05, 0) is 179 Å². The molecule has 13 aromatic carbocycles. The van der Waals surface area contributed by atoms with Crippen LogP contribution in [0.25, 0.3) is 116 Å². The second-order valence-electron chi connectivity index (χ2n) is 26.1. The van der Waals surface area contributed by atoms with Crippen LogP contribution in [0.5, 0.6) is 0 Å². The number of hydrogen-bond acceptors (Lipinski definition) is 2. The zero-order chi connectivity index (χ0) is 62.3. The maximum absolute atomic E-state index is 17.4. The lowest BCUT2D eigenvalue weighted by molar-refractivity contribution is 0.538. The van der Waals surface area contributed by atoms with Crippen molar-refractivity contribution in [2.45, 2.75) is 24.9 Å². The summed E-state index contributed by atoms with van der Waals surface area (Å²) in [6, 6.07) is 104. The van der Waals surface area contributed by atoms with Gasteiger partial charge in [-0.2, -0.15) is 0 Å². The maximum Gasteiger partial charge on any atom is 0.235 e. The van der Waals surface area contributed by atoms with Crippen molar-refractivity contribution < 1.29 is 9.13 Å². The molecule has 4 atom stereocenters. The highest BCUT2D eigenvalue weighted by molar-refractivity contribution is 7.81. The first-order valence-corrected chi connectivity index (χ1v) is 35.7. The summed E-state index contributed by atoms with van der Waals surface area (Å²) in [5.41, 5.74) is 25.9. The van der Waals surface area contributed by atoms with E-state index in [-0.39, 0.29) is 5.92 Å². The molecule has 4 unspecified atom stereocenters. The van der Waals surface area contributed by atoms with Crippen molar-refractivity contribution in [1.82, 2.24) is 9.13 Å². The molecule has 15 aromatic rings. The molecule has 8 heteroatoms. The third-order valence-electron chi connectivity index (χ3n) is 21.2. The standard InChI is InChI=1S/C86H58N4O2P2/c1-54-31-45-77-70(49-54)71-50-58(39-46-78(71)88(77)62-43-48-81-72(52-62)69-23-8-15-29-84(69)93(91)83-28-14-7-21-67(83)65-19-5-12-26-79(65)89(81)93)55-32-34-57(35-33-55)60-38-44-74-73-51-59(56-36-41-61(42-37-56)87-75-24-10-3-17-63(75)64-18-4-11-25-76(64)87)40-47-82(73)90-80-27-13-6-20-66(80)68-22-9-16-30-85(68)94(90,92)86(74,2)53-60/h3-53,74H,1-2H3. The summed E-state index contributed by atoms with van der Waals surface area (Å²) in [5.74, 6) is -0.193. The number of allylic oxidation sites excluding steroid dienone is 4. The zero-order valence-electron chi connectivity index (χ0n) is 51.5. The molecular weight excluding hydrogens is 1180 g/mol. The number of fused-ring (bicyclic) bond motifs is 28. The Morgan fingerprint density at radius 3 is 1.49 bits per heavy atom. The van der Waals surface area contributed by atoms with Crippen molar-refractivity contribution >= 4 is 102 Å². The van der Waals surface area contributed by atoms with Crippen molar-refractivity contribution in [3.8, 4) is 67.0 Å². The van der Waals surface area contributed by atoms with Crippen LogP contribution in [0.4, 0.5) is 22.7 Å². The van der Waals surface area contributed by atoms with Gasteiger partial charge in [0.2, 0.25) is 14.6 Å². The Morgan fingerprint density at radius 2 is 0.809 bits per heavy atom. The van der Waals surface area contributed by atoms with Crippen molar-refractivity contribution in [3.05, 3.63) is 326 Å². The minimum Gasteiger partial charge on any atom is -0.309 e. The summed E-state index contributed by atoms with van der Waals surface area (Å²) in [4.78, 5) is 0. The van der Waals surface area contributed by atoms with Crippen LogP contribution in [0.3, 0.4) is 0 Å². The lowest BCUT2D eigenvalue weighted by Gasteiger charge is -2.55. The third kappa shape index (κ3) is 7.16. The lowest BCUT2D eigenvalue weighted by atomic mass is 9.78. The number of anilines is 4. The normalized spacial score (nSPS) is 19.3. The van der Waals surface area contributed by atoms with Gasteiger partial charge in [-0.25, -0.2) is 0 Å². The van der Waals surface area contributed by atoms with Crippen LogP contribution in [-0.4, -0.2) is 14.3 Å². The fourth-order valence-corrected chi connectivity index (χ4v) is 24.0. The molecule has 0 amide bonds. The molecule has 0 spiro atoms. The Hall–Kier alpha value is -11.0. The van der Waals surface area contributed by atoms with Crippen molar-refractivity contribution in [1.29, 1.82) is 0 Å². The first kappa shape index (κ1) is 53.6. The molecule has 0 saturated carbocycles. The van der Waals surface area contributed by atoms with Crippen LogP contribution in [0.2, 0.25) is 0 Å². The number of rotatable bonds is 5. The SMILES string of the molecule is Cc1ccc2c(c1)c1cc(-c3ccc(C4=CC5(C)C(C=C4)c4cc(-c6ccc(-n7c8ccccc8c8ccccc87)cc6)ccc4N4c6ccccc6-c6ccccc6P45=O)cc3)ccc1n2-c1ccc2c(c1)-c1ccccc1P1(=O)c3ccccc3-c3ccccc3N21. The number of aromatic nitrogens is 2. The van der Waals surface area contributed by atoms with E-state index in [0.717, 1.165) is 133 Å². The first-order valence-electron chi connectivity index (χ1n) is 32.4. The smallest absolute Gasteiger partial charge is 0.235 e. The van der Waals surface area contributed by atoms with E-state index < -0.39 is 19.7 Å². The molecule has 20 rings (SSSR count). The molecule has 0 N–H and O–H groups in total. The predicted molar refractivity (Wildman–Crippen MR) is 393 cm³/mol. The van der Waals surface area contributed by atoms with Gasteiger partial charge in [0.05, 0.1) is 50.0 Å². The highest BCUT2D eigenvalue weighted by Crippen LogP contribution is 2.77. The second-order valence-corrected chi connectivity index (χ2v) is 31.6. The Morgan fingerprint density at radius 1 is 0.351 bits per heavy atom. The molecule has 2 aromatic heterocycles. The van der Waals surface area contributed by atoms with E-state index in [1.165, 1.54) is 38.1 Å². The Bertz CT molecular complexity index is 5950. The number of hydrogen-bond donors (Lipinski definition) is 0. The third-order valence-corrected chi connectivity index (χ3v) is 28.0. The van der Waals surface area contributed by atoms with Gasteiger partial charge in [-0.15, -0.1) is 0 Å². The van der Waals surface area contributed by atoms with Crippen LogP contribution in [0.15, 0.2) is 309 Å². The van der Waals surface area contributed by atoms with E-state index in [4.69, 9.17) is 0 Å². The average molecular weight is 1240 g/mol. The molecular formula is C86H58N4O2P2. The number of nitrogens with zero attached hydrogens (tertiary/aromatic N) is 4. The molecule has 1 aliphatic carbocycles. The molecule has 0 bridgehead atoms. The molecule has 5 aliphatic rings. The predicted octanol–water partition coefficient (Wildman–Crippen LogP) is 21.8. The highest BCUT2D eigenvalue weighted by atomic mass is 31.2. The van der Waals surface area contributed by atoms with E-state index in [0.29, 0.717) is 0 Å². The quantitative estimate of drug-likeness (QED) is 0.161. The molecule has 6 nitrogen and oxygen atoms in total. The largest absolute Gasteiger partial charge is 0.309 e. The summed E-state index contributed by atoms with van der Waals surface area (Å²) < 4.78 is 42.7. The Balaban J connectivity index is 0.674. The van der Waals surface area contributed by atoms with E-state index >= 15 is 9.13 Å². The van der Waals surface area contributed by atoms with Gasteiger partial charge in [0.15, 0.2) is 0 Å². The first-order chi connectivity index (χ1) is 46.2. The summed E-state index contributed by atoms with van der Waals surface area (Å²) in [7, 11) is -6.86. The van der Waals surface area contributed by atoms with E-state index in [9.17, 15) is 0 Å². The minimum absolute atomic E-state index is 0.193. The highest BCUT2D eigenvalue weighted by Gasteiger charge is 2.60. The van der Waals surface area contributed by atoms with Crippen LogP contribution in [0.1, 0.15) is 29.5 Å². The molecule has 0 radical (unpaired) electrons. The zero-order valence-corrected chi connectivity index (χ0v) is 53.3. The van der Waals surface area contributed by atoms with Crippen molar-refractivity contribution in [2.24, 2.45) is 0 Å². The van der Waals surface area contributed by atoms with Gasteiger partial charge in [-0.1, -0.05) is 206 Å². The number of para-hydroxylation sites is 4. The van der Waals surface area contributed by atoms with Gasteiger partial charge >= 0.3 is 0 Å². The molecule has 4 aliphatic heterocycles. The molecule has 0 fully saturated rings. The van der Waals surface area contributed by atoms with Crippen LogP contribution < -0.4 is 25.3 Å². The van der Waals surface area contributed by atoms with E-state index in [1.807, 2.05) is 18.2 Å². The van der Waals surface area contributed by atoms with Crippen LogP contribution in [-0.2, 0) is 9.13 Å². The number of aryl methyl sites for hydroxylation is 1. The van der Waals surface area contributed by atoms with Gasteiger partial charge < -0.3 is 9.13 Å². The van der Waals surface area contributed by atoms with Crippen LogP contribution >= 0.6 is 14.6 Å². The summed E-state index contributed by atoms with van der Waals surface area (Å²) in [5, 5.41) is 6.62. The second kappa shape index (κ2) is 19.5. The van der Waals surface area contributed by atoms with Crippen molar-refractivity contribution in [2.75, 3.05) is 9.34 Å². The van der Waals surface area contributed by atoms with E-state index in [1.54, 1.807) is 0 Å². The van der Waals surface area contributed by atoms with Crippen LogP contribution in [0, 0.1) is 6.92 Å². The summed E-state index contributed by atoms with van der Waals surface area (Å²) in [6.07, 6.45) is 6.97. The topological polar surface area (TPSA) is 50.5 Å². The number of benzene rings is 13. The molecule has 444 valence electrons. The van der Waals surface area contributed by atoms with Gasteiger partial charge in [0.1, 0.15) is 0 Å². The maximum atomic E-state index is 17.4. The monoisotopic (exact) mass is 1240 g/mol. The lowest BCUT2D eigenvalue weighted by Crippen LogP contribution is -2.47. The Labute approximate surface area is 544 Å². The van der Waals surface area contributed by atoms with Gasteiger partial charge in [-0.3, -0.25) is 18.5 Å². The molecule has 0 saturated heterocycles. The molecule has 94 heavy (non-hydrogen) atoms. The minimum atomic E-state index is -3.52. The summed E-state index contributed by atoms with van der Waals surface area (Å²) >= 11 is 0. The summed E-state index contributed by atoms with van der Waals surface area (Å²) in [6.45, 7) is 4.42. The van der Waals surface area contributed by atoms with Crippen molar-refractivity contribution in [3.63, 3.8) is 0 Å². The average Bonchev–Trinajstić information content (AvgIpc) is 0.883. The van der Waals surface area contributed by atoms with Gasteiger partial charge in [0.25, 0.3) is 0 Å². The van der Waals surface area contributed by atoms with Gasteiger partial charge in [0, 0.05) is 71.4 Å². The van der Waals surface area contributed by atoms with E-state index in [2.05, 4.69) is 324 Å². The fraction of sp³-hybridized carbons (Fsp3) is 0.0465. The Kier molecular flexibility index (Phi) is 11.1. The fourth-order valence-electron chi connectivity index (χ4n) is 16.9.